The van der Waals surface area contributed by atoms with Crippen LogP contribution in [-0.4, -0.2) is 33.9 Å². The standard InChI is InChI=1S/C29H25F3N4O/c1-2-11-36-12-10-21(17-36)26-14-22(13-23-16-33-18-34-27(23)26)19-6-8-20(9-7-19)28(37)35-25-5-3-4-24(15-25)29(30,31)32/h2-9,11,13-16,18,21H,10,12,17H2,1H3,(H,35,37). The average Bonchev–Trinajstić information content (AvgIpc) is 3.36. The number of fused-ring (bicyclic) bond motifs is 1. The van der Waals surface area contributed by atoms with Gasteiger partial charge >= 0.3 is 6.18 Å². The van der Waals surface area contributed by atoms with Crippen LogP contribution in [0.5, 0.6) is 0 Å². The van der Waals surface area contributed by atoms with Crippen LogP contribution in [0.4, 0.5) is 18.9 Å². The third kappa shape index (κ3) is 5.33. The fourth-order valence-electron chi connectivity index (χ4n) is 4.79. The van der Waals surface area contributed by atoms with Crippen LogP contribution in [0, 0.1) is 0 Å². The molecule has 3 aromatic carbocycles. The molecule has 1 aromatic heterocycles. The molecule has 1 unspecified atom stereocenters. The number of likely N-dealkylation sites (tertiary alicyclic amines) is 1. The number of aromatic nitrogens is 2. The van der Waals surface area contributed by atoms with Gasteiger partial charge in [-0.25, -0.2) is 9.97 Å². The number of anilines is 1. The molecule has 0 spiro atoms. The molecular formula is C29H25F3N4O. The predicted octanol–water partition coefficient (Wildman–Crippen LogP) is 6.89. The highest BCUT2D eigenvalue weighted by Crippen LogP contribution is 2.35. The molecule has 2 heterocycles. The Balaban J connectivity index is 1.40. The Labute approximate surface area is 212 Å². The van der Waals surface area contributed by atoms with Gasteiger partial charge in [0.05, 0.1) is 11.1 Å². The summed E-state index contributed by atoms with van der Waals surface area (Å²) in [5.74, 6) is -0.139. The molecule has 5 nitrogen and oxygen atoms in total. The van der Waals surface area contributed by atoms with Crippen molar-refractivity contribution in [3.63, 3.8) is 0 Å². The Morgan fingerprint density at radius 1 is 1.08 bits per heavy atom. The number of hydrogen-bond donors (Lipinski definition) is 1. The zero-order valence-electron chi connectivity index (χ0n) is 20.2. The van der Waals surface area contributed by atoms with Crippen molar-refractivity contribution in [2.75, 3.05) is 18.4 Å². The summed E-state index contributed by atoms with van der Waals surface area (Å²) in [5, 5.41) is 3.50. The number of carbonyl (C=O) groups is 1. The van der Waals surface area contributed by atoms with Crippen LogP contribution >= 0.6 is 0 Å². The molecule has 1 fully saturated rings. The molecule has 0 bridgehead atoms. The van der Waals surface area contributed by atoms with Crippen molar-refractivity contribution in [1.82, 2.24) is 14.9 Å². The van der Waals surface area contributed by atoms with E-state index in [0.29, 0.717) is 11.5 Å². The molecule has 5 rings (SSSR count). The first-order valence-electron chi connectivity index (χ1n) is 12.0. The van der Waals surface area contributed by atoms with E-state index in [-0.39, 0.29) is 5.69 Å². The summed E-state index contributed by atoms with van der Waals surface area (Å²) in [6, 6.07) is 15.8. The molecule has 1 aliphatic heterocycles. The number of halogens is 3. The lowest BCUT2D eigenvalue weighted by molar-refractivity contribution is -0.137. The minimum absolute atomic E-state index is 0.0894. The highest BCUT2D eigenvalue weighted by molar-refractivity contribution is 6.04. The lowest BCUT2D eigenvalue weighted by Crippen LogP contribution is -2.13. The minimum Gasteiger partial charge on any atom is -0.377 e. The van der Waals surface area contributed by atoms with E-state index in [1.807, 2.05) is 37.4 Å². The van der Waals surface area contributed by atoms with Crippen LogP contribution in [0.15, 0.2) is 85.5 Å². The first kappa shape index (κ1) is 24.5. The van der Waals surface area contributed by atoms with Crippen molar-refractivity contribution < 1.29 is 18.0 Å². The number of allylic oxidation sites excluding steroid dienone is 1. The lowest BCUT2D eigenvalue weighted by atomic mass is 9.91. The van der Waals surface area contributed by atoms with Gasteiger partial charge < -0.3 is 10.2 Å². The molecule has 1 aliphatic rings. The summed E-state index contributed by atoms with van der Waals surface area (Å²) >= 11 is 0. The number of nitrogens with zero attached hydrogens (tertiary/aromatic N) is 3. The second-order valence-electron chi connectivity index (χ2n) is 9.10. The van der Waals surface area contributed by atoms with Crippen LogP contribution in [0.2, 0.25) is 0 Å². The maximum absolute atomic E-state index is 13.0. The largest absolute Gasteiger partial charge is 0.416 e. The first-order chi connectivity index (χ1) is 17.8. The number of carbonyl (C=O) groups excluding carboxylic acids is 1. The summed E-state index contributed by atoms with van der Waals surface area (Å²) in [7, 11) is 0. The molecule has 1 atom stereocenters. The normalized spacial score (nSPS) is 16.0. The van der Waals surface area contributed by atoms with Gasteiger partial charge in [-0.05, 0) is 78.7 Å². The second-order valence-corrected chi connectivity index (χ2v) is 9.10. The van der Waals surface area contributed by atoms with Crippen molar-refractivity contribution in [3.05, 3.63) is 102 Å². The monoisotopic (exact) mass is 502 g/mol. The number of alkyl halides is 3. The Morgan fingerprint density at radius 2 is 1.89 bits per heavy atom. The van der Waals surface area contributed by atoms with Gasteiger partial charge in [-0.1, -0.05) is 24.3 Å². The summed E-state index contributed by atoms with van der Waals surface area (Å²) < 4.78 is 39.0. The smallest absolute Gasteiger partial charge is 0.377 e. The molecule has 188 valence electrons. The Hall–Kier alpha value is -4.20. The quantitative estimate of drug-likeness (QED) is 0.323. The van der Waals surface area contributed by atoms with E-state index < -0.39 is 17.6 Å². The van der Waals surface area contributed by atoms with Crippen LogP contribution in [0.1, 0.15) is 40.7 Å². The highest BCUT2D eigenvalue weighted by Gasteiger charge is 2.30. The van der Waals surface area contributed by atoms with E-state index in [1.54, 1.807) is 18.5 Å². The van der Waals surface area contributed by atoms with Crippen LogP contribution < -0.4 is 5.32 Å². The van der Waals surface area contributed by atoms with Crippen molar-refractivity contribution >= 4 is 22.5 Å². The van der Waals surface area contributed by atoms with Gasteiger partial charge in [0.1, 0.15) is 6.33 Å². The van der Waals surface area contributed by atoms with Crippen LogP contribution in [0.25, 0.3) is 22.0 Å². The molecule has 0 aliphatic carbocycles. The number of benzene rings is 3. The van der Waals surface area contributed by atoms with Crippen molar-refractivity contribution in [1.29, 1.82) is 0 Å². The Bertz CT molecular complexity index is 1460. The van der Waals surface area contributed by atoms with Gasteiger partial charge in [0, 0.05) is 41.8 Å². The van der Waals surface area contributed by atoms with Crippen LogP contribution in [0.3, 0.4) is 0 Å². The maximum atomic E-state index is 13.0. The topological polar surface area (TPSA) is 58.1 Å². The minimum atomic E-state index is -4.48. The number of rotatable bonds is 5. The number of amides is 1. The zero-order valence-corrected chi connectivity index (χ0v) is 20.2. The molecule has 37 heavy (non-hydrogen) atoms. The summed E-state index contributed by atoms with van der Waals surface area (Å²) in [5.41, 5.74) is 3.66. The molecule has 8 heteroatoms. The lowest BCUT2D eigenvalue weighted by Gasteiger charge is -2.16. The first-order valence-corrected chi connectivity index (χ1v) is 12.0. The average molecular weight is 503 g/mol. The predicted molar refractivity (Wildman–Crippen MR) is 138 cm³/mol. The third-order valence-electron chi connectivity index (χ3n) is 6.58. The van der Waals surface area contributed by atoms with E-state index in [4.69, 9.17) is 0 Å². The van der Waals surface area contributed by atoms with E-state index in [9.17, 15) is 18.0 Å². The zero-order chi connectivity index (χ0) is 26.0. The van der Waals surface area contributed by atoms with Crippen LogP contribution in [-0.2, 0) is 6.18 Å². The molecule has 0 saturated carbocycles. The van der Waals surface area contributed by atoms with Gasteiger partial charge in [0.15, 0.2) is 0 Å². The second kappa shape index (κ2) is 10.0. The van der Waals surface area contributed by atoms with Gasteiger partial charge in [-0.3, -0.25) is 4.79 Å². The van der Waals surface area contributed by atoms with Crippen molar-refractivity contribution in [3.8, 4) is 11.1 Å². The summed E-state index contributed by atoms with van der Waals surface area (Å²) in [4.78, 5) is 23.8. The van der Waals surface area contributed by atoms with Gasteiger partial charge in [0.2, 0.25) is 0 Å². The third-order valence-corrected chi connectivity index (χ3v) is 6.58. The molecule has 4 aromatic rings. The van der Waals surface area contributed by atoms with Gasteiger partial charge in [0.25, 0.3) is 5.91 Å². The Kier molecular flexibility index (Phi) is 6.65. The van der Waals surface area contributed by atoms with E-state index in [1.165, 1.54) is 17.7 Å². The fraction of sp³-hybridized carbons (Fsp3) is 0.207. The molecule has 1 saturated heterocycles. The van der Waals surface area contributed by atoms with Crippen molar-refractivity contribution in [2.24, 2.45) is 0 Å². The molecule has 1 N–H and O–H groups in total. The van der Waals surface area contributed by atoms with E-state index >= 15 is 0 Å². The van der Waals surface area contributed by atoms with Crippen molar-refractivity contribution in [2.45, 2.75) is 25.4 Å². The van der Waals surface area contributed by atoms with E-state index in [0.717, 1.165) is 53.7 Å². The fourth-order valence-corrected chi connectivity index (χ4v) is 4.79. The van der Waals surface area contributed by atoms with Gasteiger partial charge in [-0.2, -0.15) is 13.2 Å². The summed E-state index contributed by atoms with van der Waals surface area (Å²) in [6.07, 6.45) is 4.10. The number of hydrogen-bond acceptors (Lipinski definition) is 4. The van der Waals surface area contributed by atoms with E-state index in [2.05, 4.69) is 32.5 Å². The molecule has 1 amide bonds. The molecular weight excluding hydrogens is 477 g/mol. The SMILES string of the molecule is CC=CN1CCC(c2cc(-c3ccc(C(=O)Nc4cccc(C(F)(F)F)c4)cc3)cc3cncnc23)C1. The highest BCUT2D eigenvalue weighted by atomic mass is 19.4. The Morgan fingerprint density at radius 3 is 2.65 bits per heavy atom. The van der Waals surface area contributed by atoms with Gasteiger partial charge in [-0.15, -0.1) is 0 Å². The summed E-state index contributed by atoms with van der Waals surface area (Å²) in [6.45, 7) is 3.92. The maximum Gasteiger partial charge on any atom is 0.416 e. The molecule has 0 radical (unpaired) electrons. The number of nitrogens with one attached hydrogen (secondary N) is 1.